The monoisotopic (exact) mass is 396 g/mol. The molecular weight excluding hydrogens is 372 g/mol. The lowest BCUT2D eigenvalue weighted by Gasteiger charge is -2.11. The average molecular weight is 396 g/mol. The molecule has 2 aromatic rings. The zero-order chi connectivity index (χ0) is 20.8. The number of hydrogen-bond donors (Lipinski definition) is 0. The van der Waals surface area contributed by atoms with E-state index in [2.05, 4.69) is 0 Å². The van der Waals surface area contributed by atoms with Crippen molar-refractivity contribution in [3.63, 3.8) is 0 Å². The van der Waals surface area contributed by atoms with E-state index in [9.17, 15) is 14.4 Å². The molecule has 0 aromatic heterocycles. The van der Waals surface area contributed by atoms with Gasteiger partial charge in [-0.2, -0.15) is 0 Å². The highest BCUT2D eigenvalue weighted by atomic mass is 16.6. The van der Waals surface area contributed by atoms with Crippen LogP contribution >= 0.6 is 0 Å². The molecule has 6 nitrogen and oxygen atoms in total. The molecule has 2 aromatic carbocycles. The quantitative estimate of drug-likeness (QED) is 0.479. The second-order valence-electron chi connectivity index (χ2n) is 6.93. The normalized spacial score (nSPS) is 18.4. The van der Waals surface area contributed by atoms with Gasteiger partial charge in [0, 0.05) is 6.42 Å². The standard InChI is InChI=1S/C23H24O6/c1-27-17-10-13-19(28-2)16(14-17)9-11-18(24)21-22(25)20(29-23(21)26)12-8-15-6-4-3-5-7-15/h3-7,10,13-14,20-21H,8-9,11-12H2,1-2H3. The third kappa shape index (κ3) is 4.83. The lowest BCUT2D eigenvalue weighted by Crippen LogP contribution is -2.28. The van der Waals surface area contributed by atoms with Crippen molar-refractivity contribution >= 4 is 17.5 Å². The average Bonchev–Trinajstić information content (AvgIpc) is 3.04. The summed E-state index contributed by atoms with van der Waals surface area (Å²) in [6, 6.07) is 14.9. The Morgan fingerprint density at radius 3 is 2.45 bits per heavy atom. The van der Waals surface area contributed by atoms with E-state index in [1.807, 2.05) is 30.3 Å². The molecule has 6 heteroatoms. The highest BCUT2D eigenvalue weighted by Crippen LogP contribution is 2.27. The molecule has 0 spiro atoms. The first-order valence-corrected chi connectivity index (χ1v) is 9.55. The highest BCUT2D eigenvalue weighted by Gasteiger charge is 2.46. The van der Waals surface area contributed by atoms with Gasteiger partial charge >= 0.3 is 5.97 Å². The van der Waals surface area contributed by atoms with E-state index < -0.39 is 29.6 Å². The Labute approximate surface area is 169 Å². The van der Waals surface area contributed by atoms with Crippen LogP contribution in [-0.4, -0.2) is 37.9 Å². The Kier molecular flexibility index (Phi) is 6.65. The van der Waals surface area contributed by atoms with Crippen LogP contribution in [0.3, 0.4) is 0 Å². The summed E-state index contributed by atoms with van der Waals surface area (Å²) >= 11 is 0. The van der Waals surface area contributed by atoms with Gasteiger partial charge in [0.1, 0.15) is 11.5 Å². The van der Waals surface area contributed by atoms with Crippen LogP contribution in [0.25, 0.3) is 0 Å². The van der Waals surface area contributed by atoms with Crippen molar-refractivity contribution < 1.29 is 28.6 Å². The second kappa shape index (κ2) is 9.37. The van der Waals surface area contributed by atoms with Gasteiger partial charge in [-0.25, -0.2) is 0 Å². The molecule has 2 unspecified atom stereocenters. The first-order valence-electron chi connectivity index (χ1n) is 9.55. The molecule has 0 aliphatic carbocycles. The highest BCUT2D eigenvalue weighted by molar-refractivity contribution is 6.21. The fourth-order valence-corrected chi connectivity index (χ4v) is 3.48. The van der Waals surface area contributed by atoms with Gasteiger partial charge in [0.15, 0.2) is 23.6 Å². The smallest absolute Gasteiger partial charge is 0.325 e. The number of benzene rings is 2. The lowest BCUT2D eigenvalue weighted by molar-refractivity contribution is -0.147. The maximum atomic E-state index is 12.6. The number of Topliss-reactive ketones (excluding diaryl/α,β-unsaturated/α-hetero) is 2. The Morgan fingerprint density at radius 2 is 1.76 bits per heavy atom. The summed E-state index contributed by atoms with van der Waals surface area (Å²) < 4.78 is 15.7. The first kappa shape index (κ1) is 20.6. The summed E-state index contributed by atoms with van der Waals surface area (Å²) in [6.45, 7) is 0. The topological polar surface area (TPSA) is 78.9 Å². The molecule has 1 aliphatic heterocycles. The number of esters is 1. The maximum absolute atomic E-state index is 12.6. The van der Waals surface area contributed by atoms with Crippen LogP contribution in [0.1, 0.15) is 24.0 Å². The molecule has 1 fully saturated rings. The number of carbonyl (C=O) groups excluding carboxylic acids is 3. The van der Waals surface area contributed by atoms with Crippen molar-refractivity contribution in [1.82, 2.24) is 0 Å². The predicted octanol–water partition coefficient (Wildman–Crippen LogP) is 2.95. The van der Waals surface area contributed by atoms with Crippen molar-refractivity contribution in [2.24, 2.45) is 5.92 Å². The number of methoxy groups -OCH3 is 2. The summed E-state index contributed by atoms with van der Waals surface area (Å²) in [5.74, 6) is -1.66. The van der Waals surface area contributed by atoms with Crippen LogP contribution in [0.2, 0.25) is 0 Å². The number of carbonyl (C=O) groups is 3. The molecule has 152 valence electrons. The number of rotatable bonds is 9. The van der Waals surface area contributed by atoms with Crippen molar-refractivity contribution in [3.05, 3.63) is 59.7 Å². The summed E-state index contributed by atoms with van der Waals surface area (Å²) in [5.41, 5.74) is 1.83. The van der Waals surface area contributed by atoms with Crippen molar-refractivity contribution in [1.29, 1.82) is 0 Å². The molecule has 0 saturated carbocycles. The van der Waals surface area contributed by atoms with E-state index in [1.165, 1.54) is 0 Å². The van der Waals surface area contributed by atoms with Gasteiger partial charge in [-0.3, -0.25) is 14.4 Å². The summed E-state index contributed by atoms with van der Waals surface area (Å²) in [5, 5.41) is 0. The Hall–Kier alpha value is -3.15. The summed E-state index contributed by atoms with van der Waals surface area (Å²) in [6.07, 6.45) is 0.503. The van der Waals surface area contributed by atoms with Crippen LogP contribution in [0.15, 0.2) is 48.5 Å². The zero-order valence-electron chi connectivity index (χ0n) is 16.6. The lowest BCUT2D eigenvalue weighted by atomic mass is 9.92. The van der Waals surface area contributed by atoms with Gasteiger partial charge in [-0.1, -0.05) is 30.3 Å². The van der Waals surface area contributed by atoms with E-state index in [1.54, 1.807) is 32.4 Å². The molecule has 29 heavy (non-hydrogen) atoms. The fourth-order valence-electron chi connectivity index (χ4n) is 3.48. The van der Waals surface area contributed by atoms with Crippen LogP contribution in [0.5, 0.6) is 11.5 Å². The molecule has 1 heterocycles. The van der Waals surface area contributed by atoms with Gasteiger partial charge in [0.25, 0.3) is 0 Å². The van der Waals surface area contributed by atoms with E-state index in [0.29, 0.717) is 30.8 Å². The number of cyclic esters (lactones) is 1. The van der Waals surface area contributed by atoms with Crippen molar-refractivity contribution in [3.8, 4) is 11.5 Å². The maximum Gasteiger partial charge on any atom is 0.325 e. The number of ether oxygens (including phenoxy) is 3. The number of aryl methyl sites for hydroxylation is 2. The molecule has 1 aliphatic rings. The molecule has 0 radical (unpaired) electrons. The van der Waals surface area contributed by atoms with Gasteiger partial charge in [0.2, 0.25) is 0 Å². The van der Waals surface area contributed by atoms with Crippen LogP contribution in [0, 0.1) is 5.92 Å². The largest absolute Gasteiger partial charge is 0.497 e. The molecular formula is C23H24O6. The van der Waals surface area contributed by atoms with Crippen molar-refractivity contribution in [2.75, 3.05) is 14.2 Å². The molecule has 2 atom stereocenters. The summed E-state index contributed by atoms with van der Waals surface area (Å²) in [7, 11) is 3.10. The van der Waals surface area contributed by atoms with Crippen LogP contribution in [-0.2, 0) is 32.0 Å². The Morgan fingerprint density at radius 1 is 1.00 bits per heavy atom. The van der Waals surface area contributed by atoms with Gasteiger partial charge < -0.3 is 14.2 Å². The first-order chi connectivity index (χ1) is 14.0. The van der Waals surface area contributed by atoms with E-state index in [0.717, 1.165) is 11.1 Å². The van der Waals surface area contributed by atoms with Crippen LogP contribution < -0.4 is 9.47 Å². The zero-order valence-corrected chi connectivity index (χ0v) is 16.6. The second-order valence-corrected chi connectivity index (χ2v) is 6.93. The van der Waals surface area contributed by atoms with Gasteiger partial charge in [-0.15, -0.1) is 0 Å². The van der Waals surface area contributed by atoms with Crippen molar-refractivity contribution in [2.45, 2.75) is 31.8 Å². The minimum absolute atomic E-state index is 0.0421. The molecule has 1 saturated heterocycles. The number of hydrogen-bond acceptors (Lipinski definition) is 6. The molecule has 3 rings (SSSR count). The third-order valence-electron chi connectivity index (χ3n) is 5.08. The Balaban J connectivity index is 1.61. The van der Waals surface area contributed by atoms with E-state index in [-0.39, 0.29) is 6.42 Å². The predicted molar refractivity (Wildman–Crippen MR) is 106 cm³/mol. The Bertz CT molecular complexity index is 889. The minimum Gasteiger partial charge on any atom is -0.497 e. The number of ketones is 2. The van der Waals surface area contributed by atoms with E-state index >= 15 is 0 Å². The van der Waals surface area contributed by atoms with Gasteiger partial charge in [-0.05, 0) is 48.6 Å². The minimum atomic E-state index is -1.33. The molecule has 0 N–H and O–H groups in total. The molecule has 0 bridgehead atoms. The third-order valence-corrected chi connectivity index (χ3v) is 5.08. The van der Waals surface area contributed by atoms with Crippen LogP contribution in [0.4, 0.5) is 0 Å². The summed E-state index contributed by atoms with van der Waals surface area (Å²) in [4.78, 5) is 37.4. The fraction of sp³-hybridized carbons (Fsp3) is 0.348. The molecule has 0 amide bonds. The SMILES string of the molecule is COc1ccc(OC)c(CCC(=O)C2C(=O)OC(CCc3ccccc3)C2=O)c1. The van der Waals surface area contributed by atoms with Gasteiger partial charge in [0.05, 0.1) is 14.2 Å². The van der Waals surface area contributed by atoms with E-state index in [4.69, 9.17) is 14.2 Å².